The van der Waals surface area contributed by atoms with Crippen molar-refractivity contribution < 1.29 is 5.11 Å². The highest BCUT2D eigenvalue weighted by Crippen LogP contribution is 2.24. The fourth-order valence-electron chi connectivity index (χ4n) is 4.08. The van der Waals surface area contributed by atoms with E-state index in [9.17, 15) is 9.90 Å². The third kappa shape index (κ3) is 4.59. The molecule has 8 heteroatoms. The number of aromatic hydroxyl groups is 1. The molecule has 2 aliphatic rings. The van der Waals surface area contributed by atoms with Gasteiger partial charge in [0.05, 0.1) is 12.2 Å². The molecule has 1 aromatic heterocycles. The minimum absolute atomic E-state index is 0.0409. The molecule has 0 saturated heterocycles. The Bertz CT molecular complexity index is 1250. The van der Waals surface area contributed by atoms with Gasteiger partial charge in [0.15, 0.2) is 5.96 Å². The van der Waals surface area contributed by atoms with Gasteiger partial charge in [0.25, 0.3) is 5.56 Å². The number of phenolic OH excluding ortho intramolecular Hbond substituents is 1. The quantitative estimate of drug-likeness (QED) is 0.562. The zero-order valence-corrected chi connectivity index (χ0v) is 18.2. The van der Waals surface area contributed by atoms with Gasteiger partial charge in [0.1, 0.15) is 11.6 Å². The summed E-state index contributed by atoms with van der Waals surface area (Å²) in [5.74, 6) is 2.49. The van der Waals surface area contributed by atoms with Crippen LogP contribution in [0.5, 0.6) is 5.75 Å². The molecule has 5 rings (SSSR count). The molecule has 0 atom stereocenters. The smallest absolute Gasteiger partial charge is 0.255 e. The SMILES string of the molecule is O=c1cc(-c2ccccc2)nc2n1CCCN2C1=CCN=C(NCCc2ccc(O)cc2)N1. The molecule has 0 spiro atoms. The maximum atomic E-state index is 12.9. The second kappa shape index (κ2) is 9.20. The first-order chi connectivity index (χ1) is 16.2. The molecular formula is C25H26N6O2. The molecule has 3 aromatic rings. The number of guanidine groups is 1. The number of hydrogen-bond acceptors (Lipinski definition) is 7. The van der Waals surface area contributed by atoms with Crippen molar-refractivity contribution in [3.8, 4) is 17.0 Å². The molecule has 0 amide bonds. The van der Waals surface area contributed by atoms with E-state index in [1.165, 1.54) is 0 Å². The van der Waals surface area contributed by atoms with Crippen LogP contribution in [0.25, 0.3) is 11.3 Å². The zero-order valence-electron chi connectivity index (χ0n) is 18.2. The lowest BCUT2D eigenvalue weighted by molar-refractivity contribution is 0.475. The molecule has 0 saturated carbocycles. The van der Waals surface area contributed by atoms with E-state index in [-0.39, 0.29) is 11.3 Å². The Labute approximate surface area is 191 Å². The van der Waals surface area contributed by atoms with Gasteiger partial charge in [-0.1, -0.05) is 42.5 Å². The molecule has 0 aliphatic carbocycles. The zero-order chi connectivity index (χ0) is 22.6. The van der Waals surface area contributed by atoms with E-state index in [1.807, 2.05) is 48.5 Å². The highest BCUT2D eigenvalue weighted by atomic mass is 16.3. The molecule has 3 N–H and O–H groups in total. The normalized spacial score (nSPS) is 15.2. The van der Waals surface area contributed by atoms with Crippen molar-refractivity contribution in [3.05, 3.63) is 88.5 Å². The molecule has 0 unspecified atom stereocenters. The fraction of sp³-hybridized carbons (Fsp3) is 0.240. The minimum atomic E-state index is -0.0409. The highest BCUT2D eigenvalue weighted by molar-refractivity contribution is 5.83. The van der Waals surface area contributed by atoms with Gasteiger partial charge in [-0.05, 0) is 36.6 Å². The molecule has 33 heavy (non-hydrogen) atoms. The predicted octanol–water partition coefficient (Wildman–Crippen LogP) is 2.46. The number of aromatic nitrogens is 2. The van der Waals surface area contributed by atoms with Crippen molar-refractivity contribution >= 4 is 11.9 Å². The lowest BCUT2D eigenvalue weighted by atomic mass is 10.1. The van der Waals surface area contributed by atoms with Crippen molar-refractivity contribution in [1.29, 1.82) is 0 Å². The number of hydrogen-bond donors (Lipinski definition) is 3. The van der Waals surface area contributed by atoms with Gasteiger partial charge < -0.3 is 15.7 Å². The first kappa shape index (κ1) is 20.8. The lowest BCUT2D eigenvalue weighted by Gasteiger charge is -2.34. The summed E-state index contributed by atoms with van der Waals surface area (Å²) in [6.45, 7) is 2.68. The van der Waals surface area contributed by atoms with Gasteiger partial charge in [0, 0.05) is 31.3 Å². The average molecular weight is 443 g/mol. The number of aliphatic imine (C=N–C) groups is 1. The largest absolute Gasteiger partial charge is 0.508 e. The topological polar surface area (TPSA) is 94.8 Å². The summed E-state index contributed by atoms with van der Waals surface area (Å²) in [4.78, 5) is 24.3. The number of benzene rings is 2. The van der Waals surface area contributed by atoms with E-state index in [0.29, 0.717) is 37.2 Å². The molecule has 0 fully saturated rings. The maximum Gasteiger partial charge on any atom is 0.255 e. The van der Waals surface area contributed by atoms with Gasteiger partial charge in [-0.3, -0.25) is 14.3 Å². The number of nitrogens with zero attached hydrogens (tertiary/aromatic N) is 4. The first-order valence-corrected chi connectivity index (χ1v) is 11.2. The number of anilines is 1. The number of rotatable bonds is 5. The van der Waals surface area contributed by atoms with Crippen LogP contribution in [0.3, 0.4) is 0 Å². The van der Waals surface area contributed by atoms with Crippen molar-refractivity contribution in [1.82, 2.24) is 20.2 Å². The van der Waals surface area contributed by atoms with Crippen LogP contribution in [-0.4, -0.2) is 40.3 Å². The van der Waals surface area contributed by atoms with E-state index in [2.05, 4.69) is 20.5 Å². The third-order valence-corrected chi connectivity index (χ3v) is 5.78. The van der Waals surface area contributed by atoms with Crippen LogP contribution in [0.4, 0.5) is 5.95 Å². The molecule has 8 nitrogen and oxygen atoms in total. The lowest BCUT2D eigenvalue weighted by Crippen LogP contribution is -2.48. The summed E-state index contributed by atoms with van der Waals surface area (Å²) >= 11 is 0. The van der Waals surface area contributed by atoms with Crippen molar-refractivity contribution in [2.45, 2.75) is 19.4 Å². The molecule has 0 bridgehead atoms. The molecular weight excluding hydrogens is 416 g/mol. The van der Waals surface area contributed by atoms with Crippen LogP contribution in [-0.2, 0) is 13.0 Å². The average Bonchev–Trinajstić information content (AvgIpc) is 2.86. The summed E-state index contributed by atoms with van der Waals surface area (Å²) < 4.78 is 1.74. The van der Waals surface area contributed by atoms with Crippen LogP contribution in [0.2, 0.25) is 0 Å². The predicted molar refractivity (Wildman–Crippen MR) is 129 cm³/mol. The molecule has 168 valence electrons. The Morgan fingerprint density at radius 2 is 1.88 bits per heavy atom. The summed E-state index contributed by atoms with van der Waals surface area (Å²) in [6, 6.07) is 18.6. The van der Waals surface area contributed by atoms with Crippen LogP contribution >= 0.6 is 0 Å². The summed E-state index contributed by atoms with van der Waals surface area (Å²) in [5, 5.41) is 16.1. The van der Waals surface area contributed by atoms with E-state index in [1.54, 1.807) is 22.8 Å². The summed E-state index contributed by atoms with van der Waals surface area (Å²) in [7, 11) is 0. The third-order valence-electron chi connectivity index (χ3n) is 5.78. The monoisotopic (exact) mass is 442 g/mol. The molecule has 2 aliphatic heterocycles. The second-order valence-electron chi connectivity index (χ2n) is 8.05. The van der Waals surface area contributed by atoms with Crippen molar-refractivity contribution in [3.63, 3.8) is 0 Å². The number of phenols is 1. The Morgan fingerprint density at radius 1 is 1.06 bits per heavy atom. The summed E-state index contributed by atoms with van der Waals surface area (Å²) in [5.41, 5.74) is 2.69. The van der Waals surface area contributed by atoms with Crippen LogP contribution < -0.4 is 21.1 Å². The number of nitrogens with one attached hydrogen (secondary N) is 2. The standard InChI is InChI=1S/C25H26N6O2/c32-20-9-7-18(8-10-20)11-13-26-24-27-14-12-22(29-24)30-15-4-16-31-23(33)17-21(28-25(30)31)19-5-2-1-3-6-19/h1-3,5-10,12,17,32H,4,11,13-16H2,(H2,26,27,29). The van der Waals surface area contributed by atoms with Gasteiger partial charge in [-0.15, -0.1) is 0 Å². The van der Waals surface area contributed by atoms with Gasteiger partial charge in [-0.25, -0.2) is 9.98 Å². The Balaban J connectivity index is 1.31. The van der Waals surface area contributed by atoms with Crippen LogP contribution in [0.15, 0.2) is 82.3 Å². The molecule has 3 heterocycles. The van der Waals surface area contributed by atoms with E-state index < -0.39 is 0 Å². The number of fused-ring (bicyclic) bond motifs is 1. The Morgan fingerprint density at radius 3 is 2.70 bits per heavy atom. The van der Waals surface area contributed by atoms with Crippen molar-refractivity contribution in [2.75, 3.05) is 24.5 Å². The van der Waals surface area contributed by atoms with Crippen LogP contribution in [0.1, 0.15) is 12.0 Å². The maximum absolute atomic E-state index is 12.9. The molecule has 0 radical (unpaired) electrons. The fourth-order valence-corrected chi connectivity index (χ4v) is 4.08. The van der Waals surface area contributed by atoms with Crippen LogP contribution in [0, 0.1) is 0 Å². The van der Waals surface area contributed by atoms with E-state index >= 15 is 0 Å². The highest BCUT2D eigenvalue weighted by Gasteiger charge is 2.25. The van der Waals surface area contributed by atoms with Crippen molar-refractivity contribution in [2.24, 2.45) is 4.99 Å². The van der Waals surface area contributed by atoms with E-state index in [4.69, 9.17) is 4.98 Å². The van der Waals surface area contributed by atoms with E-state index in [0.717, 1.165) is 36.3 Å². The second-order valence-corrected chi connectivity index (χ2v) is 8.05. The Hall–Kier alpha value is -4.07. The van der Waals surface area contributed by atoms with Gasteiger partial charge >= 0.3 is 0 Å². The van der Waals surface area contributed by atoms with Gasteiger partial charge in [0.2, 0.25) is 5.95 Å². The summed E-state index contributed by atoms with van der Waals surface area (Å²) in [6.07, 6.45) is 3.69. The Kier molecular flexibility index (Phi) is 5.80. The van der Waals surface area contributed by atoms with Gasteiger partial charge in [-0.2, -0.15) is 0 Å². The molecule has 2 aromatic carbocycles. The first-order valence-electron chi connectivity index (χ1n) is 11.2. The minimum Gasteiger partial charge on any atom is -0.508 e.